The number of carbonyl (C=O) groups excluding carboxylic acids is 1. The van der Waals surface area contributed by atoms with Gasteiger partial charge < -0.3 is 4.90 Å². The van der Waals surface area contributed by atoms with Gasteiger partial charge >= 0.3 is 0 Å². The van der Waals surface area contributed by atoms with E-state index in [4.69, 9.17) is 11.6 Å². The van der Waals surface area contributed by atoms with Crippen LogP contribution < -0.4 is 0 Å². The summed E-state index contributed by atoms with van der Waals surface area (Å²) in [6, 6.07) is 1.64. The van der Waals surface area contributed by atoms with Crippen LogP contribution in [0.1, 0.15) is 37.0 Å². The molecule has 0 fully saturated rings. The molecule has 0 aromatic carbocycles. The summed E-state index contributed by atoms with van der Waals surface area (Å²) in [4.78, 5) is 17.9. The SMILES string of the molecule is CCCN(CCC)C(=O)c1cnccc1Cl. The van der Waals surface area contributed by atoms with Crippen molar-refractivity contribution in [2.75, 3.05) is 13.1 Å². The van der Waals surface area contributed by atoms with Gasteiger partial charge in [0.15, 0.2) is 0 Å². The first-order chi connectivity index (χ1) is 7.70. The van der Waals surface area contributed by atoms with E-state index in [1.165, 1.54) is 6.20 Å². The molecule has 3 nitrogen and oxygen atoms in total. The Labute approximate surface area is 101 Å². The van der Waals surface area contributed by atoms with Crippen LogP contribution in [-0.4, -0.2) is 28.9 Å². The van der Waals surface area contributed by atoms with E-state index in [2.05, 4.69) is 18.8 Å². The van der Waals surface area contributed by atoms with Crippen molar-refractivity contribution in [3.63, 3.8) is 0 Å². The first kappa shape index (κ1) is 13.0. The van der Waals surface area contributed by atoms with E-state index in [9.17, 15) is 4.79 Å². The smallest absolute Gasteiger partial charge is 0.256 e. The lowest BCUT2D eigenvalue weighted by Crippen LogP contribution is -2.32. The Bertz CT molecular complexity index is 349. The Hall–Kier alpha value is -1.09. The normalized spacial score (nSPS) is 10.2. The van der Waals surface area contributed by atoms with Crippen LogP contribution >= 0.6 is 11.6 Å². The third-order valence-electron chi connectivity index (χ3n) is 2.27. The molecular weight excluding hydrogens is 224 g/mol. The molecule has 0 radical (unpaired) electrons. The molecule has 0 aliphatic carbocycles. The quantitative estimate of drug-likeness (QED) is 0.793. The largest absolute Gasteiger partial charge is 0.339 e. The number of aromatic nitrogens is 1. The fourth-order valence-electron chi connectivity index (χ4n) is 1.56. The van der Waals surface area contributed by atoms with Crippen LogP contribution in [0.2, 0.25) is 5.02 Å². The predicted octanol–water partition coefficient (Wildman–Crippen LogP) is 3.00. The Morgan fingerprint density at radius 3 is 2.50 bits per heavy atom. The molecule has 0 saturated heterocycles. The second-order valence-electron chi connectivity index (χ2n) is 3.65. The summed E-state index contributed by atoms with van der Waals surface area (Å²) in [5.41, 5.74) is 0.492. The highest BCUT2D eigenvalue weighted by Crippen LogP contribution is 2.16. The number of hydrogen-bond donors (Lipinski definition) is 0. The number of nitrogens with zero attached hydrogens (tertiary/aromatic N) is 2. The summed E-state index contributed by atoms with van der Waals surface area (Å²) in [6.45, 7) is 5.64. The third kappa shape index (κ3) is 3.20. The summed E-state index contributed by atoms with van der Waals surface area (Å²) in [7, 11) is 0. The average molecular weight is 241 g/mol. The van der Waals surface area contributed by atoms with Crippen LogP contribution in [0, 0.1) is 0 Å². The number of amides is 1. The van der Waals surface area contributed by atoms with E-state index in [-0.39, 0.29) is 5.91 Å². The summed E-state index contributed by atoms with van der Waals surface area (Å²) < 4.78 is 0. The van der Waals surface area contributed by atoms with E-state index in [1.807, 2.05) is 4.90 Å². The molecule has 1 aromatic heterocycles. The highest BCUT2D eigenvalue weighted by molar-refractivity contribution is 6.33. The van der Waals surface area contributed by atoms with E-state index >= 15 is 0 Å². The van der Waals surface area contributed by atoms with Crippen LogP contribution in [0.5, 0.6) is 0 Å². The molecule has 0 aliphatic rings. The Morgan fingerprint density at radius 2 is 2.00 bits per heavy atom. The van der Waals surface area contributed by atoms with Gasteiger partial charge in [0.05, 0.1) is 10.6 Å². The molecule has 1 aromatic rings. The van der Waals surface area contributed by atoms with Crippen LogP contribution in [0.25, 0.3) is 0 Å². The molecule has 1 heterocycles. The first-order valence-electron chi connectivity index (χ1n) is 5.59. The minimum atomic E-state index is -0.0261. The summed E-state index contributed by atoms with van der Waals surface area (Å²) in [5.74, 6) is -0.0261. The standard InChI is InChI=1S/C12H17ClN2O/c1-3-7-15(8-4-2)12(16)10-9-14-6-5-11(10)13/h5-6,9H,3-4,7-8H2,1-2H3. The zero-order valence-corrected chi connectivity index (χ0v) is 10.5. The molecule has 88 valence electrons. The summed E-state index contributed by atoms with van der Waals surface area (Å²) in [6.07, 6.45) is 5.01. The maximum absolute atomic E-state index is 12.1. The number of pyridine rings is 1. The molecule has 1 amide bonds. The van der Waals surface area contributed by atoms with Crippen molar-refractivity contribution >= 4 is 17.5 Å². The van der Waals surface area contributed by atoms with Gasteiger partial charge in [-0.1, -0.05) is 25.4 Å². The van der Waals surface area contributed by atoms with Crippen molar-refractivity contribution < 1.29 is 4.79 Å². The van der Waals surface area contributed by atoms with Crippen LogP contribution in [-0.2, 0) is 0 Å². The number of carbonyl (C=O) groups is 1. The summed E-state index contributed by atoms with van der Waals surface area (Å²) >= 11 is 5.98. The molecule has 0 aliphatic heterocycles. The lowest BCUT2D eigenvalue weighted by Gasteiger charge is -2.21. The molecule has 4 heteroatoms. The van der Waals surface area contributed by atoms with Crippen molar-refractivity contribution in [1.29, 1.82) is 0 Å². The zero-order valence-electron chi connectivity index (χ0n) is 9.74. The van der Waals surface area contributed by atoms with Gasteiger partial charge in [-0.2, -0.15) is 0 Å². The minimum Gasteiger partial charge on any atom is -0.339 e. The minimum absolute atomic E-state index is 0.0261. The van der Waals surface area contributed by atoms with Gasteiger partial charge in [0.1, 0.15) is 0 Å². The van der Waals surface area contributed by atoms with Crippen molar-refractivity contribution in [3.8, 4) is 0 Å². The molecule has 0 saturated carbocycles. The lowest BCUT2D eigenvalue weighted by atomic mass is 10.2. The number of hydrogen-bond acceptors (Lipinski definition) is 2. The topological polar surface area (TPSA) is 33.2 Å². The Kier molecular flexibility index (Phi) is 5.26. The maximum Gasteiger partial charge on any atom is 0.256 e. The van der Waals surface area contributed by atoms with Crippen molar-refractivity contribution in [2.24, 2.45) is 0 Å². The third-order valence-corrected chi connectivity index (χ3v) is 2.60. The zero-order chi connectivity index (χ0) is 12.0. The van der Waals surface area contributed by atoms with E-state index in [0.29, 0.717) is 10.6 Å². The van der Waals surface area contributed by atoms with Gasteiger partial charge in [0, 0.05) is 25.5 Å². The van der Waals surface area contributed by atoms with Gasteiger partial charge in [0.25, 0.3) is 5.91 Å². The second kappa shape index (κ2) is 6.48. The fraction of sp³-hybridized carbons (Fsp3) is 0.500. The second-order valence-corrected chi connectivity index (χ2v) is 4.05. The monoisotopic (exact) mass is 240 g/mol. The van der Waals surface area contributed by atoms with E-state index in [0.717, 1.165) is 25.9 Å². The van der Waals surface area contributed by atoms with Crippen molar-refractivity contribution in [3.05, 3.63) is 29.0 Å². The highest BCUT2D eigenvalue weighted by atomic mass is 35.5. The Balaban J connectivity index is 2.85. The predicted molar refractivity (Wildman–Crippen MR) is 65.7 cm³/mol. The highest BCUT2D eigenvalue weighted by Gasteiger charge is 2.16. The maximum atomic E-state index is 12.1. The van der Waals surface area contributed by atoms with Gasteiger partial charge in [-0.05, 0) is 18.9 Å². The van der Waals surface area contributed by atoms with Crippen LogP contribution in [0.3, 0.4) is 0 Å². The lowest BCUT2D eigenvalue weighted by molar-refractivity contribution is 0.0755. The van der Waals surface area contributed by atoms with Gasteiger partial charge in [-0.15, -0.1) is 0 Å². The molecule has 1 rings (SSSR count). The Morgan fingerprint density at radius 1 is 1.38 bits per heavy atom. The molecule has 0 N–H and O–H groups in total. The van der Waals surface area contributed by atoms with Crippen LogP contribution in [0.15, 0.2) is 18.5 Å². The summed E-state index contributed by atoms with van der Waals surface area (Å²) in [5, 5.41) is 0.470. The molecular formula is C12H17ClN2O. The van der Waals surface area contributed by atoms with Crippen molar-refractivity contribution in [2.45, 2.75) is 26.7 Å². The molecule has 0 bridgehead atoms. The van der Waals surface area contributed by atoms with Gasteiger partial charge in [-0.25, -0.2) is 0 Å². The van der Waals surface area contributed by atoms with Gasteiger partial charge in [0.2, 0.25) is 0 Å². The first-order valence-corrected chi connectivity index (χ1v) is 5.97. The van der Waals surface area contributed by atoms with Crippen molar-refractivity contribution in [1.82, 2.24) is 9.88 Å². The number of rotatable bonds is 5. The number of halogens is 1. The molecule has 0 atom stereocenters. The molecule has 0 unspecified atom stereocenters. The van der Waals surface area contributed by atoms with E-state index in [1.54, 1.807) is 12.3 Å². The molecule has 0 spiro atoms. The van der Waals surface area contributed by atoms with E-state index < -0.39 is 0 Å². The fourth-order valence-corrected chi connectivity index (χ4v) is 1.75. The molecule has 16 heavy (non-hydrogen) atoms. The average Bonchev–Trinajstić information content (AvgIpc) is 2.28. The van der Waals surface area contributed by atoms with Crippen LogP contribution in [0.4, 0.5) is 0 Å². The van der Waals surface area contributed by atoms with Gasteiger partial charge in [-0.3, -0.25) is 9.78 Å².